The topological polar surface area (TPSA) is 46.5 Å². The Hall–Kier alpha value is -0.600. The Morgan fingerprint density at radius 1 is 1.38 bits per heavy atom. The maximum absolute atomic E-state index is 10.9. The van der Waals surface area contributed by atoms with E-state index in [1.807, 2.05) is 18.2 Å². The van der Waals surface area contributed by atoms with Gasteiger partial charge in [0.25, 0.3) is 0 Å². The van der Waals surface area contributed by atoms with Gasteiger partial charge >= 0.3 is 7.60 Å². The molecule has 0 saturated carbocycles. The number of benzene rings is 1. The molecule has 0 aliphatic carbocycles. The largest absolute Gasteiger partial charge is 0.367 e. The molecule has 1 unspecified atom stereocenters. The molecule has 1 aromatic rings. The van der Waals surface area contributed by atoms with Crippen LogP contribution in [-0.4, -0.2) is 4.89 Å². The number of halogens is 1. The van der Waals surface area contributed by atoms with Crippen molar-refractivity contribution in [2.45, 2.75) is 0 Å². The maximum Gasteiger partial charge on any atom is 0.367 e. The summed E-state index contributed by atoms with van der Waals surface area (Å²) in [5, 5.41) is 0. The van der Waals surface area contributed by atoms with E-state index in [-0.39, 0.29) is 0 Å². The fraction of sp³-hybridized carbons (Fsp3) is 0. The Morgan fingerprint density at radius 2 is 2.00 bits per heavy atom. The van der Waals surface area contributed by atoms with Crippen molar-refractivity contribution in [1.29, 1.82) is 0 Å². The Kier molecular flexibility index (Phi) is 3.70. The molecule has 3 nitrogen and oxygen atoms in total. The summed E-state index contributed by atoms with van der Waals surface area (Å²) in [7, 11) is -3.75. The molecular formula is C8H8ClO3P. The lowest BCUT2D eigenvalue weighted by molar-refractivity contribution is 0.407. The lowest BCUT2D eigenvalue weighted by Gasteiger charge is -1.98. The average molecular weight is 219 g/mol. The molecule has 13 heavy (non-hydrogen) atoms. The molecule has 0 amide bonds. The SMILES string of the molecule is O=P(O)(C=Cc1ccccc1)OCl. The van der Waals surface area contributed by atoms with Crippen LogP contribution in [0.4, 0.5) is 0 Å². The van der Waals surface area contributed by atoms with Crippen LogP contribution in [0.5, 0.6) is 0 Å². The molecule has 1 N–H and O–H groups in total. The molecule has 0 heterocycles. The highest BCUT2D eigenvalue weighted by atomic mass is 35.5. The van der Waals surface area contributed by atoms with Gasteiger partial charge < -0.3 is 4.89 Å². The van der Waals surface area contributed by atoms with Gasteiger partial charge in [0.15, 0.2) is 0 Å². The Balaban J connectivity index is 2.75. The average Bonchev–Trinajstić information content (AvgIpc) is 2.17. The molecule has 1 atom stereocenters. The molecule has 1 rings (SSSR count). The minimum atomic E-state index is -3.75. The van der Waals surface area contributed by atoms with Crippen molar-refractivity contribution < 1.29 is 13.5 Å². The van der Waals surface area contributed by atoms with Gasteiger partial charge in [0, 0.05) is 5.82 Å². The third kappa shape index (κ3) is 3.75. The van der Waals surface area contributed by atoms with E-state index < -0.39 is 7.60 Å². The molecule has 70 valence electrons. The zero-order valence-electron chi connectivity index (χ0n) is 6.63. The van der Waals surface area contributed by atoms with E-state index in [1.165, 1.54) is 6.08 Å². The molecule has 0 aliphatic rings. The van der Waals surface area contributed by atoms with Crippen molar-refractivity contribution in [3.05, 3.63) is 41.7 Å². The predicted molar refractivity (Wildman–Crippen MR) is 52.2 cm³/mol. The molecule has 0 saturated heterocycles. The van der Waals surface area contributed by atoms with E-state index in [1.54, 1.807) is 12.1 Å². The van der Waals surface area contributed by atoms with Crippen LogP contribution in [0.1, 0.15) is 5.56 Å². The van der Waals surface area contributed by atoms with Crippen LogP contribution in [0.25, 0.3) is 6.08 Å². The van der Waals surface area contributed by atoms with E-state index in [9.17, 15) is 4.57 Å². The normalized spacial score (nSPS) is 15.8. The summed E-state index contributed by atoms with van der Waals surface area (Å²) < 4.78 is 14.7. The Labute approximate surface area is 81.3 Å². The minimum Gasteiger partial charge on any atom is -0.320 e. The molecule has 0 spiro atoms. The van der Waals surface area contributed by atoms with Gasteiger partial charge in [-0.2, -0.15) is 4.08 Å². The maximum atomic E-state index is 10.9. The summed E-state index contributed by atoms with van der Waals surface area (Å²) in [5.41, 5.74) is 0.811. The van der Waals surface area contributed by atoms with Crippen LogP contribution in [0.15, 0.2) is 36.1 Å². The van der Waals surface area contributed by atoms with Gasteiger partial charge in [0.1, 0.15) is 0 Å². The van der Waals surface area contributed by atoms with Crippen LogP contribution in [0, 0.1) is 0 Å². The van der Waals surface area contributed by atoms with Gasteiger partial charge in [0.2, 0.25) is 0 Å². The molecule has 5 heteroatoms. The van der Waals surface area contributed by atoms with E-state index in [0.717, 1.165) is 11.4 Å². The molecule has 0 radical (unpaired) electrons. The van der Waals surface area contributed by atoms with E-state index in [0.29, 0.717) is 0 Å². The van der Waals surface area contributed by atoms with Crippen molar-refractivity contribution in [2.24, 2.45) is 0 Å². The minimum absolute atomic E-state index is 0.811. The second-order valence-corrected chi connectivity index (χ2v) is 4.34. The molecule has 0 fully saturated rings. The van der Waals surface area contributed by atoms with Crippen molar-refractivity contribution in [1.82, 2.24) is 0 Å². The summed E-state index contributed by atoms with van der Waals surface area (Å²) in [6, 6.07) is 9.09. The fourth-order valence-corrected chi connectivity index (χ4v) is 1.31. The Bertz CT molecular complexity index is 337. The molecule has 0 aliphatic heterocycles. The van der Waals surface area contributed by atoms with E-state index in [4.69, 9.17) is 16.8 Å². The van der Waals surface area contributed by atoms with Crippen molar-refractivity contribution in [2.75, 3.05) is 0 Å². The zero-order chi connectivity index (χ0) is 9.73. The first-order chi connectivity index (χ1) is 6.14. The van der Waals surface area contributed by atoms with Gasteiger partial charge in [-0.05, 0) is 11.6 Å². The highest BCUT2D eigenvalue weighted by Gasteiger charge is 2.12. The van der Waals surface area contributed by atoms with Gasteiger partial charge in [-0.3, -0.25) is 4.57 Å². The van der Waals surface area contributed by atoms with Gasteiger partial charge in [-0.25, -0.2) is 0 Å². The summed E-state index contributed by atoms with van der Waals surface area (Å²) in [6.07, 6.45) is 1.48. The van der Waals surface area contributed by atoms with Crippen LogP contribution in [0.3, 0.4) is 0 Å². The Morgan fingerprint density at radius 3 is 2.54 bits per heavy atom. The highest BCUT2D eigenvalue weighted by Crippen LogP contribution is 2.45. The lowest BCUT2D eigenvalue weighted by atomic mass is 10.2. The fourth-order valence-electron chi connectivity index (χ4n) is 0.767. The summed E-state index contributed by atoms with van der Waals surface area (Å²) in [4.78, 5) is 8.90. The molecular weight excluding hydrogens is 211 g/mol. The monoisotopic (exact) mass is 218 g/mol. The van der Waals surface area contributed by atoms with Crippen LogP contribution in [0.2, 0.25) is 0 Å². The van der Waals surface area contributed by atoms with Crippen molar-refractivity contribution in [3.8, 4) is 0 Å². The third-order valence-corrected chi connectivity index (χ3v) is 2.67. The summed E-state index contributed by atoms with van der Waals surface area (Å²) in [6.45, 7) is 0. The molecule has 0 bridgehead atoms. The highest BCUT2D eigenvalue weighted by molar-refractivity contribution is 7.57. The van der Waals surface area contributed by atoms with Crippen LogP contribution >= 0.6 is 19.5 Å². The predicted octanol–water partition coefficient (Wildman–Crippen LogP) is 3.01. The lowest BCUT2D eigenvalue weighted by Crippen LogP contribution is -1.73. The first-order valence-corrected chi connectivity index (χ1v) is 5.47. The number of rotatable bonds is 3. The quantitative estimate of drug-likeness (QED) is 0.794. The van der Waals surface area contributed by atoms with Gasteiger partial charge in [-0.15, -0.1) is 0 Å². The van der Waals surface area contributed by atoms with Crippen LogP contribution < -0.4 is 0 Å². The van der Waals surface area contributed by atoms with Crippen LogP contribution in [-0.2, 0) is 8.64 Å². The van der Waals surface area contributed by atoms with E-state index in [2.05, 4.69) is 4.08 Å². The molecule has 0 aromatic heterocycles. The third-order valence-electron chi connectivity index (χ3n) is 1.35. The van der Waals surface area contributed by atoms with Crippen molar-refractivity contribution >= 4 is 25.5 Å². The van der Waals surface area contributed by atoms with E-state index >= 15 is 0 Å². The van der Waals surface area contributed by atoms with Crippen molar-refractivity contribution in [3.63, 3.8) is 0 Å². The second kappa shape index (κ2) is 4.58. The number of hydrogen-bond acceptors (Lipinski definition) is 2. The summed E-state index contributed by atoms with van der Waals surface area (Å²) >= 11 is 4.80. The molecule has 1 aromatic carbocycles. The van der Waals surface area contributed by atoms with Gasteiger partial charge in [0.05, 0.1) is 11.9 Å². The summed E-state index contributed by atoms with van der Waals surface area (Å²) in [5.74, 6) is 1.04. The standard InChI is InChI=1S/C8H8ClO3P/c9-12-13(10,11)7-6-8-4-2-1-3-5-8/h1-7H,(H,10,11). The smallest absolute Gasteiger partial charge is 0.320 e. The first-order valence-electron chi connectivity index (χ1n) is 3.51. The first kappa shape index (κ1) is 10.5. The second-order valence-electron chi connectivity index (χ2n) is 2.36. The zero-order valence-corrected chi connectivity index (χ0v) is 8.28. The van der Waals surface area contributed by atoms with Gasteiger partial charge in [-0.1, -0.05) is 30.3 Å². The number of hydrogen-bond donors (Lipinski definition) is 1.